The van der Waals surface area contributed by atoms with Crippen LogP contribution in [0.2, 0.25) is 0 Å². The van der Waals surface area contributed by atoms with E-state index >= 15 is 0 Å². The Morgan fingerprint density at radius 3 is 2.04 bits per heavy atom. The van der Waals surface area contributed by atoms with Crippen molar-refractivity contribution in [3.63, 3.8) is 0 Å². The fourth-order valence-corrected chi connectivity index (χ4v) is 3.99. The lowest BCUT2D eigenvalue weighted by molar-refractivity contribution is -0.373. The molecule has 0 amide bonds. The molecule has 2 saturated carbocycles. The summed E-state index contributed by atoms with van der Waals surface area (Å²) in [5.74, 6) is -1.08. The van der Waals surface area contributed by atoms with Gasteiger partial charge in [-0.3, -0.25) is 0 Å². The molecule has 0 saturated heterocycles. The molecule has 23 heavy (non-hydrogen) atoms. The number of hydrogen-bond donors (Lipinski definition) is 1. The van der Waals surface area contributed by atoms with Crippen LogP contribution in [0, 0.1) is 17.8 Å². The summed E-state index contributed by atoms with van der Waals surface area (Å²) in [6.07, 6.45) is -10.9. The topological polar surface area (TPSA) is 29.5 Å². The Labute approximate surface area is 131 Å². The third kappa shape index (κ3) is 3.48. The zero-order valence-corrected chi connectivity index (χ0v) is 13.0. The molecule has 0 radical (unpaired) electrons. The van der Waals surface area contributed by atoms with E-state index in [1.54, 1.807) is 0 Å². The van der Waals surface area contributed by atoms with Gasteiger partial charge >= 0.3 is 12.4 Å². The van der Waals surface area contributed by atoms with Crippen LogP contribution in [-0.2, 0) is 4.74 Å². The van der Waals surface area contributed by atoms with E-state index in [4.69, 9.17) is 4.74 Å². The molecule has 8 heteroatoms. The lowest BCUT2D eigenvalue weighted by atomic mass is 9.78. The summed E-state index contributed by atoms with van der Waals surface area (Å²) in [4.78, 5) is 0. The summed E-state index contributed by atoms with van der Waals surface area (Å²) < 4.78 is 82.9. The molecule has 2 aliphatic rings. The second kappa shape index (κ2) is 6.10. The van der Waals surface area contributed by atoms with Gasteiger partial charge in [-0.05, 0) is 56.8 Å². The SMILES string of the molecule is CCC(C)OC1CC2CC(CC(O)(C(F)(F)F)C(F)(F)F)C1C2. The Bertz CT molecular complexity index is 405. The molecule has 2 fully saturated rings. The van der Waals surface area contributed by atoms with Crippen LogP contribution in [0.1, 0.15) is 46.0 Å². The van der Waals surface area contributed by atoms with E-state index in [0.29, 0.717) is 19.3 Å². The number of alkyl halides is 6. The Balaban J connectivity index is 2.13. The van der Waals surface area contributed by atoms with Gasteiger partial charge in [0, 0.05) is 0 Å². The molecule has 136 valence electrons. The van der Waals surface area contributed by atoms with Crippen molar-refractivity contribution in [3.05, 3.63) is 0 Å². The molecule has 2 rings (SSSR count). The first-order valence-electron chi connectivity index (χ1n) is 7.90. The highest BCUT2D eigenvalue weighted by molar-refractivity contribution is 5.03. The lowest BCUT2D eigenvalue weighted by Gasteiger charge is -2.38. The maximum absolute atomic E-state index is 12.9. The predicted octanol–water partition coefficient (Wildman–Crippen LogP) is 4.46. The maximum atomic E-state index is 12.9. The molecule has 0 spiro atoms. The largest absolute Gasteiger partial charge is 0.426 e. The van der Waals surface area contributed by atoms with Crippen LogP contribution in [-0.4, -0.2) is 35.3 Å². The van der Waals surface area contributed by atoms with Crippen LogP contribution < -0.4 is 0 Å². The number of hydrogen-bond acceptors (Lipinski definition) is 2. The van der Waals surface area contributed by atoms with Crippen molar-refractivity contribution in [3.8, 4) is 0 Å². The van der Waals surface area contributed by atoms with Gasteiger partial charge in [0.1, 0.15) is 0 Å². The minimum Gasteiger partial charge on any atom is -0.375 e. The van der Waals surface area contributed by atoms with Crippen LogP contribution in [0.15, 0.2) is 0 Å². The van der Waals surface area contributed by atoms with Crippen molar-refractivity contribution in [2.24, 2.45) is 17.8 Å². The Morgan fingerprint density at radius 1 is 1.04 bits per heavy atom. The van der Waals surface area contributed by atoms with Gasteiger partial charge in [-0.25, -0.2) is 0 Å². The van der Waals surface area contributed by atoms with Gasteiger partial charge in [0.2, 0.25) is 0 Å². The summed E-state index contributed by atoms with van der Waals surface area (Å²) in [6, 6.07) is 0. The van der Waals surface area contributed by atoms with Crippen molar-refractivity contribution >= 4 is 0 Å². The number of ether oxygens (including phenoxy) is 1. The molecule has 0 aromatic rings. The average molecular weight is 348 g/mol. The van der Waals surface area contributed by atoms with Crippen LogP contribution in [0.3, 0.4) is 0 Å². The van der Waals surface area contributed by atoms with Crippen LogP contribution in [0.4, 0.5) is 26.3 Å². The van der Waals surface area contributed by atoms with Gasteiger partial charge < -0.3 is 9.84 Å². The quantitative estimate of drug-likeness (QED) is 0.743. The number of aliphatic hydroxyl groups is 1. The van der Waals surface area contributed by atoms with Crippen molar-refractivity contribution in [1.82, 2.24) is 0 Å². The van der Waals surface area contributed by atoms with Gasteiger partial charge in [0.25, 0.3) is 5.60 Å². The third-order valence-electron chi connectivity index (χ3n) is 5.37. The van der Waals surface area contributed by atoms with Crippen LogP contribution in [0.5, 0.6) is 0 Å². The molecule has 2 nitrogen and oxygen atoms in total. The molecule has 0 aromatic heterocycles. The summed E-state index contributed by atoms with van der Waals surface area (Å²) >= 11 is 0. The number of halogens is 6. The van der Waals surface area contributed by atoms with Gasteiger partial charge in [-0.2, -0.15) is 26.3 Å². The third-order valence-corrected chi connectivity index (χ3v) is 5.37. The monoisotopic (exact) mass is 348 g/mol. The number of fused-ring (bicyclic) bond motifs is 2. The van der Waals surface area contributed by atoms with Crippen LogP contribution >= 0.6 is 0 Å². The highest BCUT2D eigenvalue weighted by Gasteiger charge is 2.71. The molecule has 0 aliphatic heterocycles. The highest BCUT2D eigenvalue weighted by atomic mass is 19.4. The molecule has 1 N–H and O–H groups in total. The summed E-state index contributed by atoms with van der Waals surface area (Å²) in [7, 11) is 0. The second-order valence-electron chi connectivity index (χ2n) is 6.95. The first-order chi connectivity index (χ1) is 10.4. The normalized spacial score (nSPS) is 33.3. The molecule has 0 aromatic carbocycles. The standard InChI is InChI=1S/C15H22F6O2/c1-3-8(2)23-12-6-9-4-10(11(12)5-9)7-13(22,14(16,17)18)15(19,20)21/h8-12,22H,3-7H2,1-2H3. The van der Waals surface area contributed by atoms with E-state index in [1.165, 1.54) is 0 Å². The van der Waals surface area contributed by atoms with E-state index in [2.05, 4.69) is 0 Å². The van der Waals surface area contributed by atoms with Crippen molar-refractivity contribution in [2.45, 2.75) is 76.1 Å². The summed E-state index contributed by atoms with van der Waals surface area (Å²) in [5, 5.41) is 9.40. The first-order valence-corrected chi connectivity index (χ1v) is 7.90. The Hall–Kier alpha value is -0.500. The van der Waals surface area contributed by atoms with Gasteiger partial charge in [0.05, 0.1) is 12.2 Å². The van der Waals surface area contributed by atoms with Crippen molar-refractivity contribution < 1.29 is 36.2 Å². The molecule has 5 unspecified atom stereocenters. The fourth-order valence-electron chi connectivity index (χ4n) is 3.99. The maximum Gasteiger partial charge on any atom is 0.426 e. The van der Waals surface area contributed by atoms with Crippen molar-refractivity contribution in [1.29, 1.82) is 0 Å². The zero-order valence-electron chi connectivity index (χ0n) is 13.0. The molecule has 2 bridgehead atoms. The smallest absolute Gasteiger partial charge is 0.375 e. The predicted molar refractivity (Wildman–Crippen MR) is 70.6 cm³/mol. The van der Waals surface area contributed by atoms with Gasteiger partial charge in [-0.1, -0.05) is 6.92 Å². The molecular formula is C15H22F6O2. The van der Waals surface area contributed by atoms with E-state index in [9.17, 15) is 31.4 Å². The summed E-state index contributed by atoms with van der Waals surface area (Å²) in [6.45, 7) is 3.74. The van der Waals surface area contributed by atoms with Gasteiger partial charge in [0.15, 0.2) is 0 Å². The minimum absolute atomic E-state index is 0.0795. The van der Waals surface area contributed by atoms with E-state index < -0.39 is 30.3 Å². The van der Waals surface area contributed by atoms with Gasteiger partial charge in [-0.15, -0.1) is 0 Å². The van der Waals surface area contributed by atoms with Crippen molar-refractivity contribution in [2.75, 3.05) is 0 Å². The van der Waals surface area contributed by atoms with E-state index in [-0.39, 0.29) is 24.0 Å². The molecule has 5 atom stereocenters. The summed E-state index contributed by atoms with van der Waals surface area (Å²) in [5.41, 5.74) is -4.64. The van der Waals surface area contributed by atoms with Crippen LogP contribution in [0.25, 0.3) is 0 Å². The minimum atomic E-state index is -5.74. The molecular weight excluding hydrogens is 326 g/mol. The van der Waals surface area contributed by atoms with E-state index in [1.807, 2.05) is 13.8 Å². The Morgan fingerprint density at radius 2 is 1.61 bits per heavy atom. The lowest BCUT2D eigenvalue weighted by Crippen LogP contribution is -2.58. The fraction of sp³-hybridized carbons (Fsp3) is 1.00. The second-order valence-corrected chi connectivity index (χ2v) is 6.95. The Kier molecular flexibility index (Phi) is 4.99. The number of rotatable bonds is 5. The average Bonchev–Trinajstić information content (AvgIpc) is 2.95. The molecule has 0 heterocycles. The van der Waals surface area contributed by atoms with E-state index in [0.717, 1.165) is 6.42 Å². The molecule has 2 aliphatic carbocycles. The highest BCUT2D eigenvalue weighted by Crippen LogP contribution is 2.56. The first kappa shape index (κ1) is 18.8. The zero-order chi connectivity index (χ0) is 17.6.